The molecule has 0 aliphatic heterocycles. The smallest absolute Gasteiger partial charge is 0.133 e. The van der Waals surface area contributed by atoms with Gasteiger partial charge in [0.2, 0.25) is 0 Å². The molecule has 0 heterocycles. The van der Waals surface area contributed by atoms with E-state index in [4.69, 9.17) is 0 Å². The summed E-state index contributed by atoms with van der Waals surface area (Å²) in [6.07, 6.45) is 12.8. The van der Waals surface area contributed by atoms with Crippen LogP contribution in [0.4, 0.5) is 0 Å². The molecule has 3 saturated carbocycles. The minimum Gasteiger partial charge on any atom is -0.300 e. The van der Waals surface area contributed by atoms with Crippen LogP contribution in [0.1, 0.15) is 58.8 Å². The molecule has 1 nitrogen and oxygen atoms in total. The summed E-state index contributed by atoms with van der Waals surface area (Å²) in [4.78, 5) is 11.9. The predicted molar refractivity (Wildman–Crippen MR) is 85.8 cm³/mol. The Labute approximate surface area is 128 Å². The van der Waals surface area contributed by atoms with E-state index >= 15 is 0 Å². The molecule has 0 aromatic rings. The number of allylic oxidation sites excluding steroid dienone is 3. The Morgan fingerprint density at radius 3 is 2.81 bits per heavy atom. The molecule has 0 aromatic heterocycles. The number of fused-ring (bicyclic) bond motifs is 5. The Kier molecular flexibility index (Phi) is 2.85. The molecule has 1 heteroatoms. The monoisotopic (exact) mass is 284 g/mol. The van der Waals surface area contributed by atoms with E-state index in [9.17, 15) is 4.79 Å². The van der Waals surface area contributed by atoms with Crippen LogP contribution in [0.3, 0.4) is 0 Å². The van der Waals surface area contributed by atoms with Crippen LogP contribution in [0.5, 0.6) is 0 Å². The molecule has 21 heavy (non-hydrogen) atoms. The number of hydrogen-bond acceptors (Lipinski definition) is 1. The third-order valence-corrected chi connectivity index (χ3v) is 7.77. The summed E-state index contributed by atoms with van der Waals surface area (Å²) in [7, 11) is 0. The van der Waals surface area contributed by atoms with Crippen molar-refractivity contribution in [3.05, 3.63) is 24.3 Å². The van der Waals surface area contributed by atoms with Crippen LogP contribution in [0, 0.1) is 34.5 Å². The molecular formula is C20H28O. The van der Waals surface area contributed by atoms with Crippen molar-refractivity contribution >= 4 is 5.78 Å². The van der Waals surface area contributed by atoms with Crippen molar-refractivity contribution in [2.75, 3.05) is 0 Å². The van der Waals surface area contributed by atoms with Gasteiger partial charge in [-0.1, -0.05) is 38.2 Å². The molecule has 0 radical (unpaired) electrons. The lowest BCUT2D eigenvalue weighted by atomic mass is 9.44. The molecule has 0 bridgehead atoms. The maximum atomic E-state index is 11.9. The summed E-state index contributed by atoms with van der Waals surface area (Å²) in [5.74, 6) is 3.39. The van der Waals surface area contributed by atoms with Crippen molar-refractivity contribution < 1.29 is 4.79 Å². The fraction of sp³-hybridized carbons (Fsp3) is 0.750. The predicted octanol–water partition coefficient (Wildman–Crippen LogP) is 4.93. The molecule has 4 rings (SSSR count). The molecule has 0 saturated heterocycles. The number of carbonyl (C=O) groups is 1. The summed E-state index contributed by atoms with van der Waals surface area (Å²) in [5.41, 5.74) is 2.18. The highest BCUT2D eigenvalue weighted by molar-refractivity contribution is 5.80. The van der Waals surface area contributed by atoms with Crippen LogP contribution < -0.4 is 0 Å². The Bertz CT molecular complexity index is 530. The fourth-order valence-corrected chi connectivity index (χ4v) is 6.52. The Morgan fingerprint density at radius 1 is 1.19 bits per heavy atom. The molecule has 0 spiro atoms. The van der Waals surface area contributed by atoms with Crippen molar-refractivity contribution in [2.24, 2.45) is 34.5 Å². The van der Waals surface area contributed by atoms with Crippen LogP contribution in [-0.2, 0) is 4.79 Å². The second kappa shape index (κ2) is 4.33. The Morgan fingerprint density at radius 2 is 2.00 bits per heavy atom. The summed E-state index contributed by atoms with van der Waals surface area (Å²) < 4.78 is 0. The number of ketones is 1. The first-order valence-corrected chi connectivity index (χ1v) is 8.81. The first-order valence-electron chi connectivity index (χ1n) is 8.81. The van der Waals surface area contributed by atoms with E-state index in [1.807, 2.05) is 0 Å². The molecule has 0 N–H and O–H groups in total. The summed E-state index contributed by atoms with van der Waals surface area (Å²) in [6.45, 7) is 9.39. The molecule has 6 atom stereocenters. The average Bonchev–Trinajstić information content (AvgIpc) is 2.83. The van der Waals surface area contributed by atoms with Gasteiger partial charge < -0.3 is 0 Å². The lowest BCUT2D eigenvalue weighted by Crippen LogP contribution is -2.53. The summed E-state index contributed by atoms with van der Waals surface area (Å²) >= 11 is 0. The second-order valence-electron chi connectivity index (χ2n) is 8.72. The zero-order valence-corrected chi connectivity index (χ0v) is 13.5. The molecule has 4 aliphatic carbocycles. The van der Waals surface area contributed by atoms with Crippen LogP contribution in [-0.4, -0.2) is 5.78 Å². The minimum absolute atomic E-state index is 0.345. The molecular weight excluding hydrogens is 256 g/mol. The van der Waals surface area contributed by atoms with Gasteiger partial charge in [0.1, 0.15) is 5.78 Å². The van der Waals surface area contributed by atoms with Crippen LogP contribution in [0.25, 0.3) is 0 Å². The largest absolute Gasteiger partial charge is 0.300 e. The van der Waals surface area contributed by atoms with Crippen molar-refractivity contribution in [3.8, 4) is 0 Å². The van der Waals surface area contributed by atoms with E-state index in [1.54, 1.807) is 0 Å². The first-order chi connectivity index (χ1) is 9.94. The van der Waals surface area contributed by atoms with Gasteiger partial charge in [-0.25, -0.2) is 0 Å². The maximum absolute atomic E-state index is 11.9. The molecule has 0 aromatic carbocycles. The second-order valence-corrected chi connectivity index (χ2v) is 8.72. The fourth-order valence-electron chi connectivity index (χ4n) is 6.52. The highest BCUT2D eigenvalue weighted by Crippen LogP contribution is 2.65. The zero-order chi connectivity index (χ0) is 14.8. The van der Waals surface area contributed by atoms with Gasteiger partial charge in [0.15, 0.2) is 0 Å². The van der Waals surface area contributed by atoms with Crippen LogP contribution in [0.2, 0.25) is 0 Å². The van der Waals surface area contributed by atoms with E-state index in [0.717, 1.165) is 37.0 Å². The highest BCUT2D eigenvalue weighted by Gasteiger charge is 2.57. The highest BCUT2D eigenvalue weighted by atomic mass is 16.1. The molecule has 0 unspecified atom stereocenters. The van der Waals surface area contributed by atoms with Gasteiger partial charge in [-0.05, 0) is 66.6 Å². The zero-order valence-electron chi connectivity index (χ0n) is 13.5. The van der Waals surface area contributed by atoms with Crippen molar-refractivity contribution in [1.82, 2.24) is 0 Å². The minimum atomic E-state index is 0.345. The van der Waals surface area contributed by atoms with Gasteiger partial charge >= 0.3 is 0 Å². The normalized spacial score (nSPS) is 52.3. The van der Waals surface area contributed by atoms with Gasteiger partial charge in [-0.15, -0.1) is 0 Å². The lowest BCUT2D eigenvalue weighted by Gasteiger charge is -2.60. The van der Waals surface area contributed by atoms with Crippen molar-refractivity contribution in [3.63, 3.8) is 0 Å². The Balaban J connectivity index is 1.70. The van der Waals surface area contributed by atoms with E-state index in [0.29, 0.717) is 22.5 Å². The number of Topliss-reactive ketones (excluding diaryl/α,β-unsaturated/α-hetero) is 1. The molecule has 4 aliphatic rings. The van der Waals surface area contributed by atoms with E-state index in [-0.39, 0.29) is 0 Å². The van der Waals surface area contributed by atoms with E-state index in [2.05, 4.69) is 32.6 Å². The number of carbonyl (C=O) groups excluding carboxylic acids is 1. The van der Waals surface area contributed by atoms with Gasteiger partial charge in [-0.2, -0.15) is 0 Å². The molecule has 0 amide bonds. The topological polar surface area (TPSA) is 17.1 Å². The SMILES string of the molecule is C=C1C[C@@H]2[C@H](CC[C@]3(C)C=CC[C@@H]23)[C@@]2(C)CCC(=O)C[C@H]12. The van der Waals surface area contributed by atoms with E-state index < -0.39 is 0 Å². The van der Waals surface area contributed by atoms with Crippen molar-refractivity contribution in [1.29, 1.82) is 0 Å². The third-order valence-electron chi connectivity index (χ3n) is 7.77. The summed E-state index contributed by atoms with van der Waals surface area (Å²) in [6, 6.07) is 0. The third kappa shape index (κ3) is 1.79. The van der Waals surface area contributed by atoms with Crippen molar-refractivity contribution in [2.45, 2.75) is 58.8 Å². The Hall–Kier alpha value is -0.850. The summed E-state index contributed by atoms with van der Waals surface area (Å²) in [5, 5.41) is 0. The van der Waals surface area contributed by atoms with Gasteiger partial charge in [0.05, 0.1) is 0 Å². The number of rotatable bonds is 0. The van der Waals surface area contributed by atoms with Gasteiger partial charge in [0.25, 0.3) is 0 Å². The standard InChI is InChI=1S/C20H28O/c1-13-11-15-16-5-4-8-19(16,2)9-7-17(15)20(3)10-6-14(21)12-18(13)20/h4,8,15-18H,1,5-7,9-12H2,2-3H3/t15-,16-,17-,18+,19-,20+/m0/s1. The lowest BCUT2D eigenvalue weighted by molar-refractivity contribution is -0.131. The maximum Gasteiger partial charge on any atom is 0.133 e. The van der Waals surface area contributed by atoms with Crippen LogP contribution >= 0.6 is 0 Å². The van der Waals surface area contributed by atoms with Crippen LogP contribution in [0.15, 0.2) is 24.3 Å². The van der Waals surface area contributed by atoms with Gasteiger partial charge in [-0.3, -0.25) is 4.79 Å². The molecule has 114 valence electrons. The number of hydrogen-bond donors (Lipinski definition) is 0. The first kappa shape index (κ1) is 13.8. The average molecular weight is 284 g/mol. The van der Waals surface area contributed by atoms with E-state index in [1.165, 1.54) is 31.3 Å². The molecule has 3 fully saturated rings. The quantitative estimate of drug-likeness (QED) is 0.576. The van der Waals surface area contributed by atoms with Gasteiger partial charge in [0, 0.05) is 12.8 Å².